The molecule has 2 amide bonds. The first kappa shape index (κ1) is 24.1. The number of hydroxylamine groups is 1. The standard InChI is InChI=1S/C23H25N3O4.CH4/c1-15(27)21(23(29)26-30)25-22(28)19-10-8-17(9-11-19)3-2-16-4-6-18(7-5-16)14-24-20-12-13-20;/h4-11,15,20-21,24,27,30H,12-14H2,1H3,(H,25,28)(H,26,29);1H4/t15-,21+;/m1./s1. The Hall–Kier alpha value is -3.18. The lowest BCUT2D eigenvalue weighted by molar-refractivity contribution is -0.133. The topological polar surface area (TPSA) is 111 Å². The number of hydrogen-bond acceptors (Lipinski definition) is 5. The van der Waals surface area contributed by atoms with Gasteiger partial charge in [0, 0.05) is 29.3 Å². The van der Waals surface area contributed by atoms with Gasteiger partial charge in [-0.25, -0.2) is 5.48 Å². The molecule has 5 N–H and O–H groups in total. The fraction of sp³-hybridized carbons (Fsp3) is 0.333. The van der Waals surface area contributed by atoms with E-state index in [1.807, 2.05) is 12.1 Å². The zero-order valence-electron chi connectivity index (χ0n) is 16.7. The van der Waals surface area contributed by atoms with Crippen LogP contribution in [0, 0.1) is 11.8 Å². The molecule has 0 heterocycles. The van der Waals surface area contributed by atoms with Crippen LogP contribution in [-0.2, 0) is 11.3 Å². The normalized spacial score (nSPS) is 14.3. The van der Waals surface area contributed by atoms with Gasteiger partial charge in [0.15, 0.2) is 0 Å². The van der Waals surface area contributed by atoms with Crippen LogP contribution in [0.1, 0.15) is 54.2 Å². The average Bonchev–Trinajstić information content (AvgIpc) is 3.59. The van der Waals surface area contributed by atoms with E-state index in [4.69, 9.17) is 5.21 Å². The van der Waals surface area contributed by atoms with Crippen molar-refractivity contribution in [2.24, 2.45) is 0 Å². The van der Waals surface area contributed by atoms with Crippen LogP contribution in [0.4, 0.5) is 0 Å². The van der Waals surface area contributed by atoms with Gasteiger partial charge in [-0.15, -0.1) is 0 Å². The van der Waals surface area contributed by atoms with E-state index in [0.29, 0.717) is 11.6 Å². The number of nitrogens with one attached hydrogen (secondary N) is 3. The predicted octanol–water partition coefficient (Wildman–Crippen LogP) is 1.96. The molecule has 164 valence electrons. The number of carbonyl (C=O) groups is 2. The van der Waals surface area contributed by atoms with E-state index in [0.717, 1.165) is 17.7 Å². The minimum absolute atomic E-state index is 0. The predicted molar refractivity (Wildman–Crippen MR) is 118 cm³/mol. The molecule has 1 fully saturated rings. The van der Waals surface area contributed by atoms with Crippen LogP contribution in [0.25, 0.3) is 0 Å². The molecule has 0 radical (unpaired) electrons. The Bertz CT molecular complexity index is 940. The summed E-state index contributed by atoms with van der Waals surface area (Å²) in [6, 6.07) is 14.1. The van der Waals surface area contributed by atoms with E-state index in [-0.39, 0.29) is 7.43 Å². The molecule has 7 nitrogen and oxygen atoms in total. The average molecular weight is 424 g/mol. The zero-order chi connectivity index (χ0) is 21.5. The maximum atomic E-state index is 12.3. The maximum Gasteiger partial charge on any atom is 0.268 e. The van der Waals surface area contributed by atoms with Crippen LogP contribution in [-0.4, -0.2) is 40.3 Å². The molecule has 1 aliphatic carbocycles. The Morgan fingerprint density at radius 1 is 1.03 bits per heavy atom. The van der Waals surface area contributed by atoms with Gasteiger partial charge in [-0.1, -0.05) is 31.4 Å². The molecule has 0 saturated heterocycles. The summed E-state index contributed by atoms with van der Waals surface area (Å²) in [5, 5.41) is 24.2. The third-order valence-electron chi connectivity index (χ3n) is 4.79. The van der Waals surface area contributed by atoms with Crippen molar-refractivity contribution in [1.29, 1.82) is 0 Å². The Morgan fingerprint density at radius 3 is 2.06 bits per heavy atom. The summed E-state index contributed by atoms with van der Waals surface area (Å²) in [4.78, 5) is 23.8. The number of hydrogen-bond donors (Lipinski definition) is 5. The lowest BCUT2D eigenvalue weighted by Crippen LogP contribution is -2.51. The number of amides is 2. The van der Waals surface area contributed by atoms with Gasteiger partial charge in [0.1, 0.15) is 6.04 Å². The molecule has 1 saturated carbocycles. The smallest absolute Gasteiger partial charge is 0.268 e. The summed E-state index contributed by atoms with van der Waals surface area (Å²) < 4.78 is 0. The molecule has 0 aliphatic heterocycles. The first-order valence-corrected chi connectivity index (χ1v) is 9.83. The minimum Gasteiger partial charge on any atom is -0.391 e. The number of aliphatic hydroxyl groups is 1. The summed E-state index contributed by atoms with van der Waals surface area (Å²) >= 11 is 0. The number of benzene rings is 2. The van der Waals surface area contributed by atoms with Gasteiger partial charge in [0.25, 0.3) is 11.8 Å². The van der Waals surface area contributed by atoms with Crippen molar-refractivity contribution in [3.05, 3.63) is 70.8 Å². The number of carbonyl (C=O) groups excluding carboxylic acids is 2. The van der Waals surface area contributed by atoms with Crippen molar-refractivity contribution < 1.29 is 19.9 Å². The van der Waals surface area contributed by atoms with Crippen LogP contribution in [0.5, 0.6) is 0 Å². The molecule has 0 spiro atoms. The highest BCUT2D eigenvalue weighted by atomic mass is 16.5. The number of rotatable bonds is 7. The molecule has 2 aromatic rings. The Kier molecular flexibility index (Phi) is 8.76. The van der Waals surface area contributed by atoms with E-state index < -0.39 is 24.0 Å². The molecule has 2 atom stereocenters. The highest BCUT2D eigenvalue weighted by Crippen LogP contribution is 2.19. The molecular weight excluding hydrogens is 394 g/mol. The molecule has 0 unspecified atom stereocenters. The van der Waals surface area contributed by atoms with E-state index in [1.165, 1.54) is 30.8 Å². The summed E-state index contributed by atoms with van der Waals surface area (Å²) in [5.41, 5.74) is 4.61. The van der Waals surface area contributed by atoms with Gasteiger partial charge in [0.2, 0.25) is 0 Å². The fourth-order valence-electron chi connectivity index (χ4n) is 2.80. The van der Waals surface area contributed by atoms with Crippen LogP contribution >= 0.6 is 0 Å². The second-order valence-corrected chi connectivity index (χ2v) is 7.35. The second kappa shape index (κ2) is 11.3. The molecule has 1 aliphatic rings. The Balaban J connectivity index is 0.00000341. The minimum atomic E-state index is -1.26. The Labute approximate surface area is 182 Å². The summed E-state index contributed by atoms with van der Waals surface area (Å²) in [6.07, 6.45) is 1.37. The highest BCUT2D eigenvalue weighted by Gasteiger charge is 2.25. The van der Waals surface area contributed by atoms with E-state index in [1.54, 1.807) is 24.3 Å². The van der Waals surface area contributed by atoms with Crippen LogP contribution < -0.4 is 16.1 Å². The van der Waals surface area contributed by atoms with Crippen molar-refractivity contribution in [1.82, 2.24) is 16.1 Å². The SMILES string of the molecule is C.C[C@@H](O)[C@H](NC(=O)c1ccc(C#Cc2ccc(CNC3CC3)cc2)cc1)C(=O)NO. The van der Waals surface area contributed by atoms with Crippen molar-refractivity contribution in [2.45, 2.75) is 51.9 Å². The van der Waals surface area contributed by atoms with Gasteiger partial charge in [-0.2, -0.15) is 0 Å². The van der Waals surface area contributed by atoms with Crippen molar-refractivity contribution in [2.75, 3.05) is 0 Å². The molecule has 0 bridgehead atoms. The van der Waals surface area contributed by atoms with E-state index in [9.17, 15) is 14.7 Å². The first-order chi connectivity index (χ1) is 14.5. The molecule has 7 heteroatoms. The van der Waals surface area contributed by atoms with Gasteiger partial charge >= 0.3 is 0 Å². The molecule has 31 heavy (non-hydrogen) atoms. The maximum absolute atomic E-state index is 12.3. The molecule has 2 aromatic carbocycles. The van der Waals surface area contributed by atoms with Gasteiger partial charge in [-0.05, 0) is 61.7 Å². The van der Waals surface area contributed by atoms with Crippen molar-refractivity contribution in [3.63, 3.8) is 0 Å². The lowest BCUT2D eigenvalue weighted by atomic mass is 10.1. The third kappa shape index (κ3) is 7.23. The lowest BCUT2D eigenvalue weighted by Gasteiger charge is -2.19. The van der Waals surface area contributed by atoms with Crippen molar-refractivity contribution >= 4 is 11.8 Å². The zero-order valence-corrected chi connectivity index (χ0v) is 16.7. The third-order valence-corrected chi connectivity index (χ3v) is 4.79. The van der Waals surface area contributed by atoms with Crippen LogP contribution in [0.2, 0.25) is 0 Å². The van der Waals surface area contributed by atoms with E-state index >= 15 is 0 Å². The van der Waals surface area contributed by atoms with Gasteiger partial charge < -0.3 is 15.7 Å². The van der Waals surface area contributed by atoms with Gasteiger partial charge in [0.05, 0.1) is 6.10 Å². The quantitative estimate of drug-likeness (QED) is 0.266. The number of aliphatic hydroxyl groups excluding tert-OH is 1. The highest BCUT2D eigenvalue weighted by molar-refractivity contribution is 5.97. The summed E-state index contributed by atoms with van der Waals surface area (Å²) in [6.45, 7) is 2.22. The second-order valence-electron chi connectivity index (χ2n) is 7.35. The molecular formula is C24H29N3O4. The molecule has 0 aromatic heterocycles. The van der Waals surface area contributed by atoms with Crippen LogP contribution in [0.15, 0.2) is 48.5 Å². The summed E-state index contributed by atoms with van der Waals surface area (Å²) in [7, 11) is 0. The van der Waals surface area contributed by atoms with E-state index in [2.05, 4.69) is 34.6 Å². The van der Waals surface area contributed by atoms with Gasteiger partial charge in [-0.3, -0.25) is 14.8 Å². The largest absolute Gasteiger partial charge is 0.391 e. The summed E-state index contributed by atoms with van der Waals surface area (Å²) in [5.74, 6) is 4.72. The Morgan fingerprint density at radius 2 is 1.58 bits per heavy atom. The monoisotopic (exact) mass is 423 g/mol. The fourth-order valence-corrected chi connectivity index (χ4v) is 2.80. The van der Waals surface area contributed by atoms with Crippen molar-refractivity contribution in [3.8, 4) is 11.8 Å². The first-order valence-electron chi connectivity index (χ1n) is 9.83. The van der Waals surface area contributed by atoms with Crippen LogP contribution in [0.3, 0.4) is 0 Å². The molecule has 3 rings (SSSR count).